The molecule has 2 aromatic heterocycles. The molecule has 0 amide bonds. The summed E-state index contributed by atoms with van der Waals surface area (Å²) in [5, 5.41) is 7.83. The van der Waals surface area contributed by atoms with E-state index in [2.05, 4.69) is 166 Å². The normalized spacial score (nSPS) is 15.3. The molecule has 8 aromatic rings. The van der Waals surface area contributed by atoms with E-state index in [1.54, 1.807) is 0 Å². The maximum atomic E-state index is 3.70. The van der Waals surface area contributed by atoms with Gasteiger partial charge in [-0.15, -0.1) is 0 Å². The van der Waals surface area contributed by atoms with E-state index in [1.165, 1.54) is 82.6 Å². The van der Waals surface area contributed by atoms with Gasteiger partial charge in [-0.2, -0.15) is 0 Å². The molecule has 0 radical (unpaired) electrons. The van der Waals surface area contributed by atoms with Gasteiger partial charge in [-0.05, 0) is 84.1 Å². The number of fused-ring (bicyclic) bond motifs is 7. The number of nitrogens with zero attached hydrogens (tertiary/aromatic N) is 2. The molecule has 1 unspecified atom stereocenters. The van der Waals surface area contributed by atoms with E-state index in [0.717, 1.165) is 12.8 Å². The molecule has 10 rings (SSSR count). The van der Waals surface area contributed by atoms with Gasteiger partial charge in [0.25, 0.3) is 0 Å². The second kappa shape index (κ2) is 10.5. The molecule has 4 heteroatoms. The fourth-order valence-corrected chi connectivity index (χ4v) is 8.83. The Morgan fingerprint density at radius 1 is 0.574 bits per heavy atom. The number of aromatic nitrogens is 2. The quantitative estimate of drug-likeness (QED) is 0.211. The predicted octanol–water partition coefficient (Wildman–Crippen LogP) is 11.6. The van der Waals surface area contributed by atoms with Gasteiger partial charge in [0, 0.05) is 49.4 Å². The fourth-order valence-electron chi connectivity index (χ4n) is 7.65. The van der Waals surface area contributed by atoms with Crippen molar-refractivity contribution in [3.63, 3.8) is 0 Å². The molecule has 0 saturated carbocycles. The van der Waals surface area contributed by atoms with Crippen molar-refractivity contribution in [2.24, 2.45) is 0 Å². The highest BCUT2D eigenvalue weighted by Gasteiger charge is 2.24. The zero-order chi connectivity index (χ0) is 30.9. The van der Waals surface area contributed by atoms with Crippen LogP contribution in [-0.4, -0.2) is 9.13 Å². The summed E-state index contributed by atoms with van der Waals surface area (Å²) < 4.78 is 4.95. The lowest BCUT2D eigenvalue weighted by molar-refractivity contribution is 0.888. The molecule has 3 nitrogen and oxygen atoms in total. The molecule has 1 aliphatic heterocycles. The second-order valence-corrected chi connectivity index (χ2v) is 13.7. The van der Waals surface area contributed by atoms with E-state index >= 15 is 0 Å². The molecule has 1 N–H and O–H groups in total. The molecule has 3 heterocycles. The van der Waals surface area contributed by atoms with Crippen LogP contribution in [0.4, 0.5) is 5.69 Å². The van der Waals surface area contributed by atoms with Crippen LogP contribution >= 0.6 is 11.8 Å². The number of thioether (sulfide) groups is 1. The average Bonchev–Trinajstić information content (AvgIpc) is 3.81. The van der Waals surface area contributed by atoms with E-state index in [1.807, 2.05) is 11.8 Å². The first kappa shape index (κ1) is 26.7. The SMILES string of the molecule is C1=Cc2c(n(-c3ccccc3)c3cc4c(cc23)c2ccccc2n4-c2cccc(-c3ccc4c(c3)SC(c3ccccc3)N4)c2)CC1. The molecular formula is C43H31N3S. The molecule has 1 aliphatic carbocycles. The Morgan fingerprint density at radius 2 is 1.34 bits per heavy atom. The second-order valence-electron chi connectivity index (χ2n) is 12.5. The maximum Gasteiger partial charge on any atom is 0.103 e. The van der Waals surface area contributed by atoms with Crippen LogP contribution in [0, 0.1) is 0 Å². The Hall–Kier alpha value is -5.45. The summed E-state index contributed by atoms with van der Waals surface area (Å²) >= 11 is 1.89. The van der Waals surface area contributed by atoms with Gasteiger partial charge in [-0.1, -0.05) is 109 Å². The maximum absolute atomic E-state index is 3.70. The Morgan fingerprint density at radius 3 is 2.23 bits per heavy atom. The van der Waals surface area contributed by atoms with Gasteiger partial charge in [0.05, 0.1) is 16.6 Å². The van der Waals surface area contributed by atoms with Crippen molar-refractivity contribution < 1.29 is 0 Å². The highest BCUT2D eigenvalue weighted by molar-refractivity contribution is 8.00. The molecule has 0 fully saturated rings. The highest BCUT2D eigenvalue weighted by Crippen LogP contribution is 2.48. The van der Waals surface area contributed by atoms with Gasteiger partial charge in [0.15, 0.2) is 0 Å². The number of anilines is 1. The third kappa shape index (κ3) is 4.22. The first-order chi connectivity index (χ1) is 23.3. The first-order valence-corrected chi connectivity index (χ1v) is 17.2. The summed E-state index contributed by atoms with van der Waals surface area (Å²) in [6.45, 7) is 0. The molecular weight excluding hydrogens is 591 g/mol. The monoisotopic (exact) mass is 621 g/mol. The van der Waals surface area contributed by atoms with E-state index in [-0.39, 0.29) is 5.37 Å². The lowest BCUT2D eigenvalue weighted by Gasteiger charge is -2.13. The molecule has 224 valence electrons. The lowest BCUT2D eigenvalue weighted by atomic mass is 10.0. The van der Waals surface area contributed by atoms with E-state index in [0.29, 0.717) is 0 Å². The van der Waals surface area contributed by atoms with Crippen molar-refractivity contribution >= 4 is 56.2 Å². The molecule has 6 aromatic carbocycles. The predicted molar refractivity (Wildman–Crippen MR) is 199 cm³/mol. The molecule has 47 heavy (non-hydrogen) atoms. The van der Waals surface area contributed by atoms with Gasteiger partial charge in [-0.3, -0.25) is 0 Å². The molecule has 0 saturated heterocycles. The van der Waals surface area contributed by atoms with Gasteiger partial charge in [0.1, 0.15) is 5.37 Å². The summed E-state index contributed by atoms with van der Waals surface area (Å²) in [4.78, 5) is 1.29. The third-order valence-corrected chi connectivity index (χ3v) is 11.0. The van der Waals surface area contributed by atoms with Crippen LogP contribution in [0.5, 0.6) is 0 Å². The van der Waals surface area contributed by atoms with Crippen molar-refractivity contribution in [1.29, 1.82) is 0 Å². The average molecular weight is 622 g/mol. The minimum Gasteiger partial charge on any atom is -0.368 e. The third-order valence-electron chi connectivity index (χ3n) is 9.80. The van der Waals surface area contributed by atoms with Crippen LogP contribution in [0.2, 0.25) is 0 Å². The number of rotatable bonds is 4. The summed E-state index contributed by atoms with van der Waals surface area (Å²) in [5.74, 6) is 0. The van der Waals surface area contributed by atoms with Crippen LogP contribution in [0.25, 0.3) is 61.3 Å². The van der Waals surface area contributed by atoms with Crippen LogP contribution < -0.4 is 5.32 Å². The van der Waals surface area contributed by atoms with Gasteiger partial charge in [0.2, 0.25) is 0 Å². The standard InChI is InChI=1S/C43H31N3S/c1-3-12-28(13-4-1)43-44-37-23-22-30(25-42(37)47-43)29-14-11-17-32(24-29)46-39-21-10-8-19-34(39)36-26-35-33-18-7-9-20-38(33)45(40(35)27-41(36)46)31-15-5-2-6-16-31/h1-8,10-19,21-27,43-44H,9,20H2. The van der Waals surface area contributed by atoms with Crippen molar-refractivity contribution in [2.45, 2.75) is 23.1 Å². The largest absolute Gasteiger partial charge is 0.368 e. The summed E-state index contributed by atoms with van der Waals surface area (Å²) in [6, 6.07) is 51.1. The van der Waals surface area contributed by atoms with Crippen LogP contribution in [-0.2, 0) is 6.42 Å². The molecule has 1 atom stereocenters. The van der Waals surface area contributed by atoms with E-state index in [9.17, 15) is 0 Å². The summed E-state index contributed by atoms with van der Waals surface area (Å²) in [6.07, 6.45) is 6.78. The fraction of sp³-hybridized carbons (Fsp3) is 0.0698. The first-order valence-electron chi connectivity index (χ1n) is 16.4. The Labute approximate surface area is 277 Å². The molecule has 2 aliphatic rings. The summed E-state index contributed by atoms with van der Waals surface area (Å²) in [5.41, 5.74) is 13.8. The van der Waals surface area contributed by atoms with Gasteiger partial charge < -0.3 is 14.5 Å². The van der Waals surface area contributed by atoms with Crippen LogP contribution in [0.15, 0.2) is 150 Å². The van der Waals surface area contributed by atoms with Crippen LogP contribution in [0.1, 0.15) is 28.6 Å². The number of hydrogen-bond acceptors (Lipinski definition) is 2. The number of hydrogen-bond donors (Lipinski definition) is 1. The summed E-state index contributed by atoms with van der Waals surface area (Å²) in [7, 11) is 0. The zero-order valence-corrected chi connectivity index (χ0v) is 26.5. The van der Waals surface area contributed by atoms with Gasteiger partial charge >= 0.3 is 0 Å². The van der Waals surface area contributed by atoms with E-state index in [4.69, 9.17) is 0 Å². The smallest absolute Gasteiger partial charge is 0.103 e. The topological polar surface area (TPSA) is 21.9 Å². The van der Waals surface area contributed by atoms with Crippen LogP contribution in [0.3, 0.4) is 0 Å². The lowest BCUT2D eigenvalue weighted by Crippen LogP contribution is -2.02. The van der Waals surface area contributed by atoms with Crippen molar-refractivity contribution in [3.8, 4) is 22.5 Å². The minimum atomic E-state index is 0.234. The molecule has 0 bridgehead atoms. The van der Waals surface area contributed by atoms with Gasteiger partial charge in [-0.25, -0.2) is 0 Å². The number of benzene rings is 6. The Kier molecular flexibility index (Phi) is 6.00. The Bertz CT molecular complexity index is 2520. The van der Waals surface area contributed by atoms with E-state index < -0.39 is 0 Å². The highest BCUT2D eigenvalue weighted by atomic mass is 32.2. The number of para-hydroxylation sites is 2. The number of allylic oxidation sites excluding steroid dienone is 1. The van der Waals surface area contributed by atoms with Crippen molar-refractivity contribution in [3.05, 3.63) is 162 Å². The number of nitrogens with one attached hydrogen (secondary N) is 1. The minimum absolute atomic E-state index is 0.234. The zero-order valence-electron chi connectivity index (χ0n) is 25.7. The molecule has 0 spiro atoms. The van der Waals surface area contributed by atoms with Crippen molar-refractivity contribution in [2.75, 3.05) is 5.32 Å². The van der Waals surface area contributed by atoms with Crippen molar-refractivity contribution in [1.82, 2.24) is 9.13 Å². The Balaban J connectivity index is 1.14.